The highest BCUT2D eigenvalue weighted by Gasteiger charge is 2.36. The van der Waals surface area contributed by atoms with Crippen molar-refractivity contribution in [1.82, 2.24) is 20.9 Å². The number of benzene rings is 3. The van der Waals surface area contributed by atoms with E-state index in [4.69, 9.17) is 0 Å². The molecule has 3 aromatic carbocycles. The van der Waals surface area contributed by atoms with Crippen molar-refractivity contribution in [3.63, 3.8) is 0 Å². The molecule has 0 saturated heterocycles. The van der Waals surface area contributed by atoms with Crippen molar-refractivity contribution in [3.05, 3.63) is 83.4 Å². The third-order valence-corrected chi connectivity index (χ3v) is 7.38. The molecule has 0 bridgehead atoms. The van der Waals surface area contributed by atoms with Crippen LogP contribution in [0.4, 0.5) is 0 Å². The molecule has 1 aliphatic rings. The van der Waals surface area contributed by atoms with Crippen molar-refractivity contribution in [2.24, 2.45) is 5.92 Å². The predicted octanol–water partition coefficient (Wildman–Crippen LogP) is 2.76. The average Bonchev–Trinajstić information content (AvgIpc) is 3.22. The number of nitrogens with one attached hydrogen (secondary N) is 3. The van der Waals surface area contributed by atoms with E-state index in [2.05, 4.69) is 16.0 Å². The minimum atomic E-state index is -1.22. The van der Waals surface area contributed by atoms with Crippen LogP contribution in [0.5, 0.6) is 0 Å². The van der Waals surface area contributed by atoms with Gasteiger partial charge in [0.25, 0.3) is 11.8 Å². The molecular weight excluding hydrogens is 536 g/mol. The molecule has 0 spiro atoms. The van der Waals surface area contributed by atoms with Crippen LogP contribution < -0.4 is 16.0 Å². The van der Waals surface area contributed by atoms with Crippen molar-refractivity contribution < 1.29 is 29.1 Å². The smallest absolute Gasteiger partial charge is 0.320 e. The first-order valence-electron chi connectivity index (χ1n) is 14.0. The maximum atomic E-state index is 13.5. The Balaban J connectivity index is 1.46. The fourth-order valence-electron chi connectivity index (χ4n) is 5.20. The number of aliphatic carboxylic acids is 1. The first-order valence-corrected chi connectivity index (χ1v) is 14.0. The molecule has 10 nitrogen and oxygen atoms in total. The van der Waals surface area contributed by atoms with E-state index in [0.717, 1.165) is 21.2 Å². The lowest BCUT2D eigenvalue weighted by molar-refractivity contribution is -0.140. The zero-order valence-electron chi connectivity index (χ0n) is 23.9. The fraction of sp³-hybridized carbons (Fsp3) is 0.344. The Kier molecular flexibility index (Phi) is 9.69. The third kappa shape index (κ3) is 7.01. The van der Waals surface area contributed by atoms with Gasteiger partial charge < -0.3 is 15.7 Å². The summed E-state index contributed by atoms with van der Waals surface area (Å²) in [5.74, 6) is -3.02. The van der Waals surface area contributed by atoms with E-state index in [0.29, 0.717) is 6.42 Å². The summed E-state index contributed by atoms with van der Waals surface area (Å²) in [6.07, 6.45) is 0.449. The summed E-state index contributed by atoms with van der Waals surface area (Å²) in [6, 6.07) is 17.1. The van der Waals surface area contributed by atoms with Crippen molar-refractivity contribution in [2.45, 2.75) is 51.2 Å². The summed E-state index contributed by atoms with van der Waals surface area (Å²) in [6.45, 7) is 3.68. The molecular formula is C32H36N4O6. The lowest BCUT2D eigenvalue weighted by Gasteiger charge is -2.27. The summed E-state index contributed by atoms with van der Waals surface area (Å²) in [5, 5.41) is 20.4. The lowest BCUT2D eigenvalue weighted by atomic mass is 9.99. The fourth-order valence-corrected chi connectivity index (χ4v) is 5.20. The van der Waals surface area contributed by atoms with Gasteiger partial charge in [0.15, 0.2) is 0 Å². The molecule has 1 heterocycles. The van der Waals surface area contributed by atoms with Crippen LogP contribution in [0.25, 0.3) is 10.8 Å². The van der Waals surface area contributed by atoms with Crippen molar-refractivity contribution in [2.75, 3.05) is 13.6 Å². The van der Waals surface area contributed by atoms with E-state index in [9.17, 15) is 29.1 Å². The molecule has 220 valence electrons. The van der Waals surface area contributed by atoms with E-state index in [1.165, 1.54) is 7.05 Å². The minimum absolute atomic E-state index is 0.0258. The number of nitrogens with zero attached hydrogens (tertiary/aromatic N) is 1. The maximum absolute atomic E-state index is 13.5. The van der Waals surface area contributed by atoms with E-state index < -0.39 is 41.8 Å². The number of rotatable bonds is 13. The molecule has 10 heteroatoms. The van der Waals surface area contributed by atoms with Gasteiger partial charge >= 0.3 is 5.97 Å². The highest BCUT2D eigenvalue weighted by Crippen LogP contribution is 2.23. The van der Waals surface area contributed by atoms with Gasteiger partial charge in [-0.1, -0.05) is 68.4 Å². The van der Waals surface area contributed by atoms with Crippen molar-refractivity contribution in [3.8, 4) is 0 Å². The number of imide groups is 1. The highest BCUT2D eigenvalue weighted by molar-refractivity contribution is 6.21. The number of likely N-dealkylation sites (N-methyl/N-ethyl adjacent to an activating group) is 1. The molecule has 4 amide bonds. The molecule has 0 radical (unpaired) electrons. The number of carbonyl (C=O) groups is 5. The van der Waals surface area contributed by atoms with E-state index >= 15 is 0 Å². The number of carbonyl (C=O) groups excluding carboxylic acids is 4. The van der Waals surface area contributed by atoms with Crippen molar-refractivity contribution in [1.29, 1.82) is 0 Å². The van der Waals surface area contributed by atoms with Crippen molar-refractivity contribution >= 4 is 40.4 Å². The molecule has 3 atom stereocenters. The van der Waals surface area contributed by atoms with E-state index in [1.807, 2.05) is 56.3 Å². The number of hydrogen-bond donors (Lipinski definition) is 4. The van der Waals surface area contributed by atoms with Gasteiger partial charge in [-0.2, -0.15) is 0 Å². The van der Waals surface area contributed by atoms with Crippen LogP contribution in [-0.4, -0.2) is 71.3 Å². The molecule has 0 aliphatic carbocycles. The van der Waals surface area contributed by atoms with Crippen LogP contribution in [0, 0.1) is 5.92 Å². The Labute approximate surface area is 244 Å². The largest absolute Gasteiger partial charge is 0.480 e. The molecule has 0 aromatic heterocycles. The second-order valence-electron chi connectivity index (χ2n) is 10.9. The summed E-state index contributed by atoms with van der Waals surface area (Å²) in [4.78, 5) is 65.0. The van der Waals surface area contributed by atoms with Gasteiger partial charge in [0.05, 0.1) is 17.2 Å². The van der Waals surface area contributed by atoms with Crippen LogP contribution >= 0.6 is 0 Å². The van der Waals surface area contributed by atoms with Gasteiger partial charge in [-0.15, -0.1) is 0 Å². The second-order valence-corrected chi connectivity index (χ2v) is 10.9. The van der Waals surface area contributed by atoms with Crippen LogP contribution in [-0.2, 0) is 20.8 Å². The maximum Gasteiger partial charge on any atom is 0.320 e. The van der Waals surface area contributed by atoms with Gasteiger partial charge in [0.1, 0.15) is 12.1 Å². The zero-order valence-corrected chi connectivity index (χ0v) is 23.9. The lowest BCUT2D eigenvalue weighted by Crippen LogP contribution is -2.56. The van der Waals surface area contributed by atoms with Crippen LogP contribution in [0.15, 0.2) is 66.7 Å². The molecule has 3 aromatic rings. The van der Waals surface area contributed by atoms with E-state index in [1.54, 1.807) is 24.3 Å². The van der Waals surface area contributed by atoms with Gasteiger partial charge in [-0.25, -0.2) is 0 Å². The van der Waals surface area contributed by atoms with Crippen LogP contribution in [0.2, 0.25) is 0 Å². The molecule has 42 heavy (non-hydrogen) atoms. The minimum Gasteiger partial charge on any atom is -0.480 e. The molecule has 0 saturated carbocycles. The molecule has 1 aliphatic heterocycles. The SMILES string of the molecule is CNC(=O)[C@H](Cc1ccc2ccccc2c1)NC(=O)[C@H](CC(C)C)N[C@H](CCN1C(=O)c2ccccc2C1=O)C(=O)O. The van der Waals surface area contributed by atoms with Gasteiger partial charge in [-0.3, -0.25) is 34.2 Å². The average molecular weight is 573 g/mol. The van der Waals surface area contributed by atoms with E-state index in [-0.39, 0.29) is 42.3 Å². The Morgan fingerprint density at radius 2 is 1.43 bits per heavy atom. The molecule has 0 fully saturated rings. The Hall–Kier alpha value is -4.57. The number of hydrogen-bond acceptors (Lipinski definition) is 6. The summed E-state index contributed by atoms with van der Waals surface area (Å²) < 4.78 is 0. The summed E-state index contributed by atoms with van der Waals surface area (Å²) in [5.41, 5.74) is 1.43. The topological polar surface area (TPSA) is 145 Å². The second kappa shape index (κ2) is 13.4. The number of carboxylic acid groups (broad SMARTS) is 1. The molecule has 4 rings (SSSR count). The Morgan fingerprint density at radius 1 is 0.810 bits per heavy atom. The number of carboxylic acids is 1. The Morgan fingerprint density at radius 3 is 2.02 bits per heavy atom. The number of fused-ring (bicyclic) bond motifs is 2. The highest BCUT2D eigenvalue weighted by atomic mass is 16.4. The van der Waals surface area contributed by atoms with Gasteiger partial charge in [0, 0.05) is 20.0 Å². The predicted molar refractivity (Wildman–Crippen MR) is 158 cm³/mol. The molecule has 0 unspecified atom stereocenters. The summed E-state index contributed by atoms with van der Waals surface area (Å²) in [7, 11) is 1.49. The number of amides is 4. The first kappa shape index (κ1) is 30.4. The Bertz CT molecular complexity index is 1470. The first-order chi connectivity index (χ1) is 20.1. The van der Waals surface area contributed by atoms with Gasteiger partial charge in [0.2, 0.25) is 11.8 Å². The normalized spacial score (nSPS) is 14.9. The van der Waals surface area contributed by atoms with Crippen LogP contribution in [0.3, 0.4) is 0 Å². The standard InChI is InChI=1S/C32H36N4O6/c1-19(2)16-26(34-25(32(41)42)14-15-36-30(39)23-10-6-7-11-24(23)31(36)40)29(38)35-27(28(37)33-3)18-20-12-13-21-8-4-5-9-22(21)17-20/h4-13,17,19,25-27,34H,14-16,18H2,1-3H3,(H,33,37)(H,35,38)(H,41,42)/t25-,26+,27+/m1/s1. The summed E-state index contributed by atoms with van der Waals surface area (Å²) >= 11 is 0. The third-order valence-electron chi connectivity index (χ3n) is 7.38. The molecule has 4 N–H and O–H groups in total. The zero-order chi connectivity index (χ0) is 30.4. The quantitative estimate of drug-likeness (QED) is 0.231. The van der Waals surface area contributed by atoms with Crippen LogP contribution in [0.1, 0.15) is 53.0 Å². The van der Waals surface area contributed by atoms with Gasteiger partial charge in [-0.05, 0) is 47.2 Å². The monoisotopic (exact) mass is 572 g/mol.